The summed E-state index contributed by atoms with van der Waals surface area (Å²) < 4.78 is 14.0. The van der Waals surface area contributed by atoms with Crippen molar-refractivity contribution >= 4 is 34.8 Å². The van der Waals surface area contributed by atoms with Gasteiger partial charge in [-0.25, -0.2) is 4.39 Å². The van der Waals surface area contributed by atoms with Gasteiger partial charge < -0.3 is 15.1 Å². The topological polar surface area (TPSA) is 69.7 Å². The zero-order chi connectivity index (χ0) is 18.3. The molecule has 0 unspecified atom stereocenters. The standard InChI is InChI=1S/C19H16FN3O3/c20-13-5-1-3-7-15(13)22-10-12(9-18(22)25)19(26)23-11-17(24)21-14-6-2-4-8-16(14)23/h1-8,12H,9-11H2,(H,21,24)/t12-/m1/s1. The molecule has 6 nitrogen and oxygen atoms in total. The Kier molecular flexibility index (Phi) is 3.91. The van der Waals surface area contributed by atoms with Crippen LogP contribution in [-0.2, 0) is 14.4 Å². The van der Waals surface area contributed by atoms with Crippen LogP contribution in [0.3, 0.4) is 0 Å². The number of rotatable bonds is 2. The van der Waals surface area contributed by atoms with E-state index >= 15 is 0 Å². The molecule has 1 saturated heterocycles. The lowest BCUT2D eigenvalue weighted by molar-refractivity contribution is -0.125. The number of amides is 3. The second-order valence-corrected chi connectivity index (χ2v) is 6.35. The van der Waals surface area contributed by atoms with E-state index in [0.717, 1.165) is 0 Å². The zero-order valence-corrected chi connectivity index (χ0v) is 13.8. The third-order valence-corrected chi connectivity index (χ3v) is 4.65. The zero-order valence-electron chi connectivity index (χ0n) is 13.8. The number of fused-ring (bicyclic) bond motifs is 1. The molecule has 0 spiro atoms. The van der Waals surface area contributed by atoms with Crippen LogP contribution < -0.4 is 15.1 Å². The van der Waals surface area contributed by atoms with Gasteiger partial charge in [-0.05, 0) is 24.3 Å². The summed E-state index contributed by atoms with van der Waals surface area (Å²) in [5.41, 5.74) is 1.34. The largest absolute Gasteiger partial charge is 0.323 e. The fraction of sp³-hybridized carbons (Fsp3) is 0.211. The Morgan fingerprint density at radius 1 is 1.04 bits per heavy atom. The van der Waals surface area contributed by atoms with E-state index in [4.69, 9.17) is 0 Å². The van der Waals surface area contributed by atoms with E-state index in [1.54, 1.807) is 36.4 Å². The Balaban J connectivity index is 1.59. The smallest absolute Gasteiger partial charge is 0.244 e. The maximum atomic E-state index is 14.0. The monoisotopic (exact) mass is 353 g/mol. The Morgan fingerprint density at radius 3 is 2.50 bits per heavy atom. The fourth-order valence-corrected chi connectivity index (χ4v) is 3.43. The van der Waals surface area contributed by atoms with Crippen LogP contribution in [0.4, 0.5) is 21.5 Å². The Morgan fingerprint density at radius 2 is 1.73 bits per heavy atom. The minimum atomic E-state index is -0.624. The molecule has 2 heterocycles. The Hall–Kier alpha value is -3.22. The molecule has 132 valence electrons. The number of para-hydroxylation sites is 3. The molecule has 1 atom stereocenters. The molecule has 7 heteroatoms. The summed E-state index contributed by atoms with van der Waals surface area (Å²) in [5.74, 6) is -2.02. The Labute approximate surface area is 149 Å². The minimum absolute atomic E-state index is 0.00649. The molecule has 0 aliphatic carbocycles. The average molecular weight is 353 g/mol. The van der Waals surface area contributed by atoms with Gasteiger partial charge in [0, 0.05) is 13.0 Å². The quantitative estimate of drug-likeness (QED) is 0.900. The number of carbonyl (C=O) groups excluding carboxylic acids is 3. The molecular weight excluding hydrogens is 337 g/mol. The van der Waals surface area contributed by atoms with Gasteiger partial charge in [0.1, 0.15) is 12.4 Å². The van der Waals surface area contributed by atoms with Crippen molar-refractivity contribution in [3.8, 4) is 0 Å². The predicted molar refractivity (Wildman–Crippen MR) is 94.3 cm³/mol. The maximum Gasteiger partial charge on any atom is 0.244 e. The van der Waals surface area contributed by atoms with Crippen LogP contribution in [0.1, 0.15) is 6.42 Å². The third-order valence-electron chi connectivity index (χ3n) is 4.65. The van der Waals surface area contributed by atoms with Crippen LogP contribution in [-0.4, -0.2) is 30.8 Å². The van der Waals surface area contributed by atoms with Crippen molar-refractivity contribution in [1.29, 1.82) is 0 Å². The van der Waals surface area contributed by atoms with Gasteiger partial charge in [-0.2, -0.15) is 0 Å². The van der Waals surface area contributed by atoms with E-state index < -0.39 is 11.7 Å². The van der Waals surface area contributed by atoms with Crippen molar-refractivity contribution in [3.05, 3.63) is 54.3 Å². The lowest BCUT2D eigenvalue weighted by Crippen LogP contribution is -2.45. The summed E-state index contributed by atoms with van der Waals surface area (Å²) in [6, 6.07) is 13.0. The fourth-order valence-electron chi connectivity index (χ4n) is 3.43. The molecule has 0 radical (unpaired) electrons. The SMILES string of the molecule is O=C1CN(C(=O)[C@@H]2CC(=O)N(c3ccccc3F)C2)c2ccccc2N1. The third kappa shape index (κ3) is 2.71. The second kappa shape index (κ2) is 6.25. The van der Waals surface area contributed by atoms with Crippen LogP contribution in [0.25, 0.3) is 0 Å². The minimum Gasteiger partial charge on any atom is -0.323 e. The number of anilines is 3. The van der Waals surface area contributed by atoms with Crippen molar-refractivity contribution in [2.24, 2.45) is 5.92 Å². The number of nitrogens with zero attached hydrogens (tertiary/aromatic N) is 2. The van der Waals surface area contributed by atoms with Gasteiger partial charge in [0.25, 0.3) is 0 Å². The number of benzene rings is 2. The lowest BCUT2D eigenvalue weighted by atomic mass is 10.1. The van der Waals surface area contributed by atoms with E-state index in [1.165, 1.54) is 21.9 Å². The summed E-state index contributed by atoms with van der Waals surface area (Å²) in [7, 11) is 0. The van der Waals surface area contributed by atoms with Gasteiger partial charge in [0.2, 0.25) is 17.7 Å². The molecule has 0 saturated carbocycles. The van der Waals surface area contributed by atoms with E-state index in [2.05, 4.69) is 5.32 Å². The molecule has 26 heavy (non-hydrogen) atoms. The molecule has 0 bridgehead atoms. The second-order valence-electron chi connectivity index (χ2n) is 6.35. The number of hydrogen-bond donors (Lipinski definition) is 1. The van der Waals surface area contributed by atoms with Gasteiger partial charge in [-0.3, -0.25) is 14.4 Å². The first-order chi connectivity index (χ1) is 12.5. The maximum absolute atomic E-state index is 14.0. The van der Waals surface area contributed by atoms with Crippen LogP contribution >= 0.6 is 0 Å². The van der Waals surface area contributed by atoms with Gasteiger partial charge in [-0.1, -0.05) is 24.3 Å². The number of carbonyl (C=O) groups is 3. The first kappa shape index (κ1) is 16.3. The first-order valence-electron chi connectivity index (χ1n) is 8.30. The summed E-state index contributed by atoms with van der Waals surface area (Å²) >= 11 is 0. The van der Waals surface area contributed by atoms with Crippen molar-refractivity contribution in [2.45, 2.75) is 6.42 Å². The van der Waals surface area contributed by atoms with Gasteiger partial charge in [-0.15, -0.1) is 0 Å². The number of nitrogens with one attached hydrogen (secondary N) is 1. The Bertz CT molecular complexity index is 914. The molecule has 0 aromatic heterocycles. The predicted octanol–water partition coefficient (Wildman–Crippen LogP) is 2.16. The number of halogens is 1. The van der Waals surface area contributed by atoms with Crippen molar-refractivity contribution < 1.29 is 18.8 Å². The average Bonchev–Trinajstić information content (AvgIpc) is 3.02. The highest BCUT2D eigenvalue weighted by Crippen LogP contribution is 2.33. The van der Waals surface area contributed by atoms with Crippen LogP contribution in [0, 0.1) is 11.7 Å². The lowest BCUT2D eigenvalue weighted by Gasteiger charge is -2.30. The van der Waals surface area contributed by atoms with Crippen LogP contribution in [0.2, 0.25) is 0 Å². The molecule has 2 aromatic carbocycles. The van der Waals surface area contributed by atoms with Crippen molar-refractivity contribution in [3.63, 3.8) is 0 Å². The van der Waals surface area contributed by atoms with E-state index in [9.17, 15) is 18.8 Å². The summed E-state index contributed by atoms with van der Waals surface area (Å²) in [4.78, 5) is 40.0. The van der Waals surface area contributed by atoms with E-state index in [1.807, 2.05) is 0 Å². The molecule has 2 aliphatic rings. The van der Waals surface area contributed by atoms with Crippen LogP contribution in [0.5, 0.6) is 0 Å². The molecular formula is C19H16FN3O3. The molecule has 1 fully saturated rings. The molecule has 1 N–H and O–H groups in total. The highest BCUT2D eigenvalue weighted by molar-refractivity contribution is 6.12. The molecule has 2 aliphatic heterocycles. The van der Waals surface area contributed by atoms with E-state index in [-0.39, 0.29) is 42.9 Å². The van der Waals surface area contributed by atoms with Crippen molar-refractivity contribution in [1.82, 2.24) is 0 Å². The molecule has 3 amide bonds. The summed E-state index contributed by atoms with van der Waals surface area (Å²) in [5, 5.41) is 2.73. The molecule has 2 aromatic rings. The first-order valence-corrected chi connectivity index (χ1v) is 8.30. The van der Waals surface area contributed by atoms with Gasteiger partial charge >= 0.3 is 0 Å². The normalized spacial score (nSPS) is 19.3. The van der Waals surface area contributed by atoms with Crippen LogP contribution in [0.15, 0.2) is 48.5 Å². The highest BCUT2D eigenvalue weighted by Gasteiger charge is 2.40. The van der Waals surface area contributed by atoms with Gasteiger partial charge in [0.15, 0.2) is 0 Å². The summed E-state index contributed by atoms with van der Waals surface area (Å²) in [6.07, 6.45) is -0.00649. The van der Waals surface area contributed by atoms with Crippen molar-refractivity contribution in [2.75, 3.05) is 28.2 Å². The number of hydrogen-bond acceptors (Lipinski definition) is 3. The highest BCUT2D eigenvalue weighted by atomic mass is 19.1. The molecule has 4 rings (SSSR count). The van der Waals surface area contributed by atoms with Gasteiger partial charge in [0.05, 0.1) is 23.0 Å². The van der Waals surface area contributed by atoms with E-state index in [0.29, 0.717) is 11.4 Å². The summed E-state index contributed by atoms with van der Waals surface area (Å²) in [6.45, 7) is -0.000872.